The van der Waals surface area contributed by atoms with Crippen LogP contribution in [0.25, 0.3) is 0 Å². The molecule has 0 aliphatic heterocycles. The Morgan fingerprint density at radius 1 is 1.33 bits per heavy atom. The average molecular weight is 296 g/mol. The minimum atomic E-state index is -0.163. The average Bonchev–Trinajstić information content (AvgIpc) is 2.93. The molecule has 0 radical (unpaired) electrons. The second-order valence-electron chi connectivity index (χ2n) is 6.24. The van der Waals surface area contributed by atoms with Crippen LogP contribution >= 0.6 is 0 Å². The molecule has 1 saturated carbocycles. The van der Waals surface area contributed by atoms with Crippen LogP contribution in [-0.4, -0.2) is 43.0 Å². The lowest BCUT2D eigenvalue weighted by Crippen LogP contribution is -2.42. The summed E-state index contributed by atoms with van der Waals surface area (Å²) in [5, 5.41) is 14.8. The summed E-state index contributed by atoms with van der Waals surface area (Å²) >= 11 is 0. The molecule has 0 aromatic carbocycles. The lowest BCUT2D eigenvalue weighted by Gasteiger charge is -2.28. The number of hydrogen-bond donors (Lipinski definition) is 3. The number of aliphatic hydroxyl groups is 1. The summed E-state index contributed by atoms with van der Waals surface area (Å²) in [6.45, 7) is 3.49. The van der Waals surface area contributed by atoms with Crippen molar-refractivity contribution in [1.29, 1.82) is 0 Å². The van der Waals surface area contributed by atoms with Gasteiger partial charge in [0.25, 0.3) is 0 Å². The van der Waals surface area contributed by atoms with Gasteiger partial charge in [0.05, 0.1) is 12.7 Å². The normalized spacial score (nSPS) is 32.1. The van der Waals surface area contributed by atoms with Crippen LogP contribution < -0.4 is 10.6 Å². The Bertz CT molecular complexity index is 359. The van der Waals surface area contributed by atoms with Gasteiger partial charge < -0.3 is 20.5 Å². The zero-order chi connectivity index (χ0) is 15.1. The number of ether oxygens (including phenoxy) is 1. The molecule has 5 heteroatoms. The highest BCUT2D eigenvalue weighted by molar-refractivity contribution is 5.74. The van der Waals surface area contributed by atoms with E-state index in [2.05, 4.69) is 17.6 Å². The molecule has 0 heterocycles. The highest BCUT2D eigenvalue weighted by Gasteiger charge is 2.22. The Balaban J connectivity index is 1.54. The zero-order valence-corrected chi connectivity index (χ0v) is 12.9. The van der Waals surface area contributed by atoms with Gasteiger partial charge in [0.1, 0.15) is 0 Å². The van der Waals surface area contributed by atoms with Crippen LogP contribution in [0, 0.1) is 11.8 Å². The molecule has 0 aromatic rings. The fraction of sp³-hybridized carbons (Fsp3) is 0.812. The first-order valence-electron chi connectivity index (χ1n) is 8.14. The first-order valence-corrected chi connectivity index (χ1v) is 8.14. The van der Waals surface area contributed by atoms with Crippen LogP contribution in [0.1, 0.15) is 39.0 Å². The number of rotatable bonds is 6. The third kappa shape index (κ3) is 5.32. The molecule has 5 nitrogen and oxygen atoms in total. The van der Waals surface area contributed by atoms with Crippen LogP contribution in [0.5, 0.6) is 0 Å². The van der Waals surface area contributed by atoms with E-state index in [4.69, 9.17) is 9.84 Å². The van der Waals surface area contributed by atoms with Crippen molar-refractivity contribution in [3.8, 4) is 0 Å². The van der Waals surface area contributed by atoms with Gasteiger partial charge in [-0.2, -0.15) is 0 Å². The van der Waals surface area contributed by atoms with Gasteiger partial charge in [0.15, 0.2) is 0 Å². The first-order chi connectivity index (χ1) is 10.2. The molecule has 2 aliphatic carbocycles. The maximum Gasteiger partial charge on any atom is 0.315 e. The quantitative estimate of drug-likeness (QED) is 0.517. The van der Waals surface area contributed by atoms with E-state index in [1.807, 2.05) is 12.2 Å². The van der Waals surface area contributed by atoms with Gasteiger partial charge in [0.2, 0.25) is 0 Å². The highest BCUT2D eigenvalue weighted by Crippen LogP contribution is 2.25. The monoisotopic (exact) mass is 296 g/mol. The van der Waals surface area contributed by atoms with Crippen molar-refractivity contribution in [3.63, 3.8) is 0 Å². The van der Waals surface area contributed by atoms with Crippen LogP contribution in [0.2, 0.25) is 0 Å². The Labute approximate surface area is 127 Å². The summed E-state index contributed by atoms with van der Waals surface area (Å²) in [6.07, 6.45) is 9.99. The molecule has 2 amide bonds. The summed E-state index contributed by atoms with van der Waals surface area (Å²) in [5.41, 5.74) is 0. The molecule has 0 unspecified atom stereocenters. The highest BCUT2D eigenvalue weighted by atomic mass is 16.5. The van der Waals surface area contributed by atoms with Crippen molar-refractivity contribution in [2.45, 2.75) is 51.2 Å². The largest absolute Gasteiger partial charge is 0.396 e. The molecular weight excluding hydrogens is 268 g/mol. The molecule has 4 atom stereocenters. The molecule has 1 fully saturated rings. The smallest absolute Gasteiger partial charge is 0.315 e. The Morgan fingerprint density at radius 2 is 2.14 bits per heavy atom. The van der Waals surface area contributed by atoms with Gasteiger partial charge >= 0.3 is 6.03 Å². The van der Waals surface area contributed by atoms with E-state index in [1.54, 1.807) is 0 Å². The number of nitrogens with one attached hydrogen (secondary N) is 2. The maximum absolute atomic E-state index is 11.7. The minimum absolute atomic E-state index is 0.0291. The minimum Gasteiger partial charge on any atom is -0.396 e. The SMILES string of the molecule is C[C@@H]1CCCC[C@H]1OCCNC(=O)N[C@@H]1C=C[C@H](CO)C1. The fourth-order valence-electron chi connectivity index (χ4n) is 3.14. The molecule has 0 bridgehead atoms. The van der Waals surface area contributed by atoms with E-state index in [-0.39, 0.29) is 24.6 Å². The predicted octanol–water partition coefficient (Wildman–Crippen LogP) is 1.82. The Hall–Kier alpha value is -1.07. The van der Waals surface area contributed by atoms with Crippen LogP contribution in [0.15, 0.2) is 12.2 Å². The van der Waals surface area contributed by atoms with Crippen molar-refractivity contribution in [2.24, 2.45) is 11.8 Å². The van der Waals surface area contributed by atoms with Gasteiger partial charge in [-0.15, -0.1) is 0 Å². The molecule has 0 aromatic heterocycles. The van der Waals surface area contributed by atoms with E-state index in [0.717, 1.165) is 12.8 Å². The van der Waals surface area contributed by atoms with Crippen molar-refractivity contribution >= 4 is 6.03 Å². The molecule has 3 N–H and O–H groups in total. The van der Waals surface area contributed by atoms with Crippen molar-refractivity contribution in [1.82, 2.24) is 10.6 Å². The summed E-state index contributed by atoms with van der Waals surface area (Å²) < 4.78 is 5.86. The standard InChI is InChI=1S/C16H28N2O3/c1-12-4-2-3-5-15(12)21-9-8-17-16(20)18-14-7-6-13(10-14)11-19/h6-7,12-15,19H,2-5,8-11H2,1H3,(H2,17,18,20)/t12-,13+,14-,15-/m1/s1. The van der Waals surface area contributed by atoms with Gasteiger partial charge in [-0.1, -0.05) is 31.9 Å². The molecule has 21 heavy (non-hydrogen) atoms. The van der Waals surface area contributed by atoms with Crippen LogP contribution in [0.4, 0.5) is 4.79 Å². The molecule has 0 saturated heterocycles. The van der Waals surface area contributed by atoms with E-state index < -0.39 is 0 Å². The fourth-order valence-corrected chi connectivity index (χ4v) is 3.14. The topological polar surface area (TPSA) is 70.6 Å². The third-order valence-electron chi connectivity index (χ3n) is 4.48. The lowest BCUT2D eigenvalue weighted by molar-refractivity contribution is -0.00244. The Morgan fingerprint density at radius 3 is 2.86 bits per heavy atom. The molecule has 0 spiro atoms. The molecule has 2 rings (SSSR count). The molecule has 2 aliphatic rings. The number of aliphatic hydroxyl groups excluding tert-OH is 1. The van der Waals surface area contributed by atoms with E-state index in [9.17, 15) is 4.79 Å². The predicted molar refractivity (Wildman–Crippen MR) is 82.0 cm³/mol. The van der Waals surface area contributed by atoms with Gasteiger partial charge in [-0.3, -0.25) is 0 Å². The second kappa shape index (κ2) is 8.39. The van der Waals surface area contributed by atoms with Crippen LogP contribution in [0.3, 0.4) is 0 Å². The summed E-state index contributed by atoms with van der Waals surface area (Å²) in [6, 6.07) is -0.134. The lowest BCUT2D eigenvalue weighted by atomic mass is 9.88. The summed E-state index contributed by atoms with van der Waals surface area (Å²) in [7, 11) is 0. The van der Waals surface area contributed by atoms with Gasteiger partial charge in [-0.05, 0) is 25.2 Å². The summed E-state index contributed by atoms with van der Waals surface area (Å²) in [4.78, 5) is 11.7. The number of carbonyl (C=O) groups excluding carboxylic acids is 1. The van der Waals surface area contributed by atoms with Crippen molar-refractivity contribution in [2.75, 3.05) is 19.8 Å². The molecular formula is C16H28N2O3. The first kappa shape index (κ1) is 16.3. The van der Waals surface area contributed by atoms with E-state index in [1.165, 1.54) is 19.3 Å². The van der Waals surface area contributed by atoms with Crippen LogP contribution in [-0.2, 0) is 4.74 Å². The van der Waals surface area contributed by atoms with E-state index >= 15 is 0 Å². The number of urea groups is 1. The number of carbonyl (C=O) groups is 1. The number of amides is 2. The number of hydrogen-bond acceptors (Lipinski definition) is 3. The Kier molecular flexibility index (Phi) is 6.51. The maximum atomic E-state index is 11.7. The zero-order valence-electron chi connectivity index (χ0n) is 12.9. The van der Waals surface area contributed by atoms with Gasteiger partial charge in [-0.25, -0.2) is 4.79 Å². The third-order valence-corrected chi connectivity index (χ3v) is 4.48. The second-order valence-corrected chi connectivity index (χ2v) is 6.24. The van der Waals surface area contributed by atoms with E-state index in [0.29, 0.717) is 25.2 Å². The molecule has 120 valence electrons. The van der Waals surface area contributed by atoms with Crippen molar-refractivity contribution < 1.29 is 14.6 Å². The van der Waals surface area contributed by atoms with Crippen molar-refractivity contribution in [3.05, 3.63) is 12.2 Å². The summed E-state index contributed by atoms with van der Waals surface area (Å²) in [5.74, 6) is 0.804. The van der Waals surface area contributed by atoms with Gasteiger partial charge in [0, 0.05) is 25.1 Å².